The minimum atomic E-state index is -0.0105. The number of carbonyl (C=O) groups is 1. The standard InChI is InChI=1S/C20H20N6OS2/c1-13-21-16(12-29-13)20(27)25-7-6-24(2)18(10-25)19-17-4-3-14(9-26(17)23-22-19)15-5-8-28-11-15/h3-5,8-9,11-12,18H,6-7,10H2,1-2H3. The number of rotatable bonds is 3. The number of nitrogens with zero attached hydrogens (tertiary/aromatic N) is 6. The molecule has 1 unspecified atom stereocenters. The summed E-state index contributed by atoms with van der Waals surface area (Å²) in [6.45, 7) is 3.96. The summed E-state index contributed by atoms with van der Waals surface area (Å²) in [5.41, 5.74) is 4.70. The van der Waals surface area contributed by atoms with Crippen molar-refractivity contribution in [2.75, 3.05) is 26.7 Å². The van der Waals surface area contributed by atoms with Gasteiger partial charge in [0.1, 0.15) is 11.4 Å². The number of piperazine rings is 1. The highest BCUT2D eigenvalue weighted by Gasteiger charge is 2.32. The summed E-state index contributed by atoms with van der Waals surface area (Å²) in [5, 5.41) is 15.8. The molecule has 5 heterocycles. The van der Waals surface area contributed by atoms with Gasteiger partial charge in [0.05, 0.1) is 16.6 Å². The minimum Gasteiger partial charge on any atom is -0.334 e. The molecule has 148 valence electrons. The zero-order valence-corrected chi connectivity index (χ0v) is 17.8. The maximum atomic E-state index is 12.9. The average Bonchev–Trinajstić information content (AvgIpc) is 3.48. The number of fused-ring (bicyclic) bond motifs is 1. The predicted octanol–water partition coefficient (Wildman–Crippen LogP) is 3.35. The number of amides is 1. The Morgan fingerprint density at radius 2 is 2.07 bits per heavy atom. The van der Waals surface area contributed by atoms with Gasteiger partial charge in [-0.2, -0.15) is 11.3 Å². The van der Waals surface area contributed by atoms with E-state index in [1.807, 2.05) is 27.9 Å². The molecule has 7 nitrogen and oxygen atoms in total. The Bertz CT molecular complexity index is 1170. The van der Waals surface area contributed by atoms with E-state index < -0.39 is 0 Å². The maximum absolute atomic E-state index is 12.9. The predicted molar refractivity (Wildman–Crippen MR) is 114 cm³/mol. The largest absolute Gasteiger partial charge is 0.334 e. The number of hydrogen-bond acceptors (Lipinski definition) is 7. The molecule has 0 N–H and O–H groups in total. The topological polar surface area (TPSA) is 66.6 Å². The van der Waals surface area contributed by atoms with Crippen LogP contribution in [0.25, 0.3) is 16.6 Å². The van der Waals surface area contributed by atoms with Gasteiger partial charge >= 0.3 is 0 Å². The van der Waals surface area contributed by atoms with Crippen LogP contribution < -0.4 is 0 Å². The van der Waals surface area contributed by atoms with Crippen LogP contribution >= 0.6 is 22.7 Å². The number of likely N-dealkylation sites (N-methyl/N-ethyl adjacent to an activating group) is 1. The van der Waals surface area contributed by atoms with E-state index in [1.54, 1.807) is 11.3 Å². The lowest BCUT2D eigenvalue weighted by Crippen LogP contribution is -2.49. The number of aryl methyl sites for hydroxylation is 1. The quantitative estimate of drug-likeness (QED) is 0.505. The van der Waals surface area contributed by atoms with E-state index in [1.165, 1.54) is 16.9 Å². The number of thiazole rings is 1. The molecule has 0 bridgehead atoms. The molecule has 9 heteroatoms. The second kappa shape index (κ2) is 7.33. The first-order valence-corrected chi connectivity index (χ1v) is 11.2. The van der Waals surface area contributed by atoms with Crippen LogP contribution in [0.2, 0.25) is 0 Å². The molecule has 4 aromatic rings. The molecule has 1 fully saturated rings. The summed E-state index contributed by atoms with van der Waals surface area (Å²) < 4.78 is 1.83. The molecule has 1 aliphatic rings. The van der Waals surface area contributed by atoms with E-state index >= 15 is 0 Å². The van der Waals surface area contributed by atoms with Crippen LogP contribution in [0, 0.1) is 6.92 Å². The van der Waals surface area contributed by atoms with E-state index in [4.69, 9.17) is 0 Å². The van der Waals surface area contributed by atoms with Gasteiger partial charge in [-0.15, -0.1) is 16.4 Å². The lowest BCUT2D eigenvalue weighted by molar-refractivity contribution is 0.0537. The van der Waals surface area contributed by atoms with Gasteiger partial charge in [-0.3, -0.25) is 9.69 Å². The fraction of sp³-hybridized carbons (Fsp3) is 0.300. The van der Waals surface area contributed by atoms with Crippen LogP contribution in [-0.4, -0.2) is 62.2 Å². The summed E-state index contributed by atoms with van der Waals surface area (Å²) in [7, 11) is 2.07. The van der Waals surface area contributed by atoms with Crippen molar-refractivity contribution in [2.24, 2.45) is 0 Å². The highest BCUT2D eigenvalue weighted by Crippen LogP contribution is 2.29. The van der Waals surface area contributed by atoms with Crippen molar-refractivity contribution in [2.45, 2.75) is 13.0 Å². The Kier molecular flexibility index (Phi) is 4.65. The van der Waals surface area contributed by atoms with E-state index in [2.05, 4.69) is 56.2 Å². The van der Waals surface area contributed by atoms with Crippen molar-refractivity contribution in [1.29, 1.82) is 0 Å². The van der Waals surface area contributed by atoms with Crippen LogP contribution in [0.5, 0.6) is 0 Å². The normalized spacial score (nSPS) is 17.9. The van der Waals surface area contributed by atoms with Gasteiger partial charge in [-0.25, -0.2) is 9.50 Å². The first kappa shape index (κ1) is 18.4. The first-order valence-electron chi connectivity index (χ1n) is 9.39. The zero-order chi connectivity index (χ0) is 20.0. The Balaban J connectivity index is 1.44. The van der Waals surface area contributed by atoms with Gasteiger partial charge in [-0.05, 0) is 42.4 Å². The summed E-state index contributed by atoms with van der Waals surface area (Å²) in [5.74, 6) is -0.0105. The second-order valence-electron chi connectivity index (χ2n) is 7.23. The summed E-state index contributed by atoms with van der Waals surface area (Å²) >= 11 is 3.18. The molecule has 1 amide bonds. The van der Waals surface area contributed by atoms with Crippen LogP contribution in [-0.2, 0) is 0 Å². The van der Waals surface area contributed by atoms with E-state index in [0.29, 0.717) is 18.8 Å². The highest BCUT2D eigenvalue weighted by molar-refractivity contribution is 7.09. The smallest absolute Gasteiger partial charge is 0.273 e. The van der Waals surface area contributed by atoms with Crippen LogP contribution in [0.15, 0.2) is 40.5 Å². The Morgan fingerprint density at radius 1 is 1.17 bits per heavy atom. The van der Waals surface area contributed by atoms with Crippen molar-refractivity contribution in [3.05, 3.63) is 56.9 Å². The molecule has 0 spiro atoms. The fourth-order valence-electron chi connectivity index (χ4n) is 3.73. The molecule has 0 aliphatic carbocycles. The summed E-state index contributed by atoms with van der Waals surface area (Å²) in [4.78, 5) is 21.4. The van der Waals surface area contributed by atoms with Crippen LogP contribution in [0.1, 0.15) is 27.2 Å². The highest BCUT2D eigenvalue weighted by atomic mass is 32.1. The summed E-state index contributed by atoms with van der Waals surface area (Å²) in [6.07, 6.45) is 2.01. The molecule has 1 aliphatic heterocycles. The lowest BCUT2D eigenvalue weighted by Gasteiger charge is -2.38. The monoisotopic (exact) mass is 424 g/mol. The van der Waals surface area contributed by atoms with Crippen molar-refractivity contribution in [3.8, 4) is 11.1 Å². The Labute approximate surface area is 176 Å². The van der Waals surface area contributed by atoms with E-state index in [9.17, 15) is 4.79 Å². The van der Waals surface area contributed by atoms with Crippen molar-refractivity contribution in [3.63, 3.8) is 0 Å². The summed E-state index contributed by atoms with van der Waals surface area (Å²) in [6, 6.07) is 6.27. The van der Waals surface area contributed by atoms with Crippen molar-refractivity contribution >= 4 is 34.1 Å². The minimum absolute atomic E-state index is 0.00284. The van der Waals surface area contributed by atoms with E-state index in [-0.39, 0.29) is 11.9 Å². The van der Waals surface area contributed by atoms with Crippen LogP contribution in [0.4, 0.5) is 0 Å². The third-order valence-corrected chi connectivity index (χ3v) is 6.84. The lowest BCUT2D eigenvalue weighted by atomic mass is 10.1. The third-order valence-electron chi connectivity index (χ3n) is 5.38. The molecule has 4 aromatic heterocycles. The molecule has 1 atom stereocenters. The second-order valence-corrected chi connectivity index (χ2v) is 9.08. The molecule has 5 rings (SSSR count). The SMILES string of the molecule is Cc1nc(C(=O)N2CCN(C)C(c3nnn4cc(-c5ccsc5)ccc34)C2)cs1. The van der Waals surface area contributed by atoms with Gasteiger partial charge in [0.2, 0.25) is 0 Å². The third kappa shape index (κ3) is 3.35. The molecule has 29 heavy (non-hydrogen) atoms. The fourth-order valence-corrected chi connectivity index (χ4v) is 4.98. The van der Waals surface area contributed by atoms with Gasteiger partial charge in [-0.1, -0.05) is 11.3 Å². The average molecular weight is 425 g/mol. The van der Waals surface area contributed by atoms with Crippen molar-refractivity contribution < 1.29 is 4.79 Å². The van der Waals surface area contributed by atoms with Gasteiger partial charge in [0.25, 0.3) is 5.91 Å². The Morgan fingerprint density at radius 3 is 2.83 bits per heavy atom. The zero-order valence-electron chi connectivity index (χ0n) is 16.1. The number of aromatic nitrogens is 4. The van der Waals surface area contributed by atoms with Gasteiger partial charge in [0.15, 0.2) is 0 Å². The molecule has 0 aromatic carbocycles. The first-order chi connectivity index (χ1) is 14.1. The number of hydrogen-bond donors (Lipinski definition) is 0. The number of pyridine rings is 1. The van der Waals surface area contributed by atoms with E-state index in [0.717, 1.165) is 28.3 Å². The molecule has 1 saturated heterocycles. The Hall–Kier alpha value is -2.62. The molecule has 0 saturated carbocycles. The molecule has 0 radical (unpaired) electrons. The van der Waals surface area contributed by atoms with Gasteiger partial charge < -0.3 is 4.90 Å². The molecular weight excluding hydrogens is 404 g/mol. The van der Waals surface area contributed by atoms with Crippen molar-refractivity contribution in [1.82, 2.24) is 29.6 Å². The maximum Gasteiger partial charge on any atom is 0.273 e. The van der Waals surface area contributed by atoms with Crippen LogP contribution in [0.3, 0.4) is 0 Å². The molecular formula is C20H20N6OS2. The number of carbonyl (C=O) groups excluding carboxylic acids is 1. The van der Waals surface area contributed by atoms with Gasteiger partial charge in [0, 0.05) is 36.8 Å². The number of thiophene rings is 1.